The summed E-state index contributed by atoms with van der Waals surface area (Å²) in [5.74, 6) is 0.388. The lowest BCUT2D eigenvalue weighted by Crippen LogP contribution is -2.34. The van der Waals surface area contributed by atoms with Crippen LogP contribution in [0.5, 0.6) is 0 Å². The van der Waals surface area contributed by atoms with Gasteiger partial charge in [-0.25, -0.2) is 0 Å². The highest BCUT2D eigenvalue weighted by atomic mass is 32.1. The topological polar surface area (TPSA) is 53.5 Å². The van der Waals surface area contributed by atoms with Crippen molar-refractivity contribution in [3.63, 3.8) is 0 Å². The lowest BCUT2D eigenvalue weighted by molar-refractivity contribution is -0.123. The van der Waals surface area contributed by atoms with E-state index < -0.39 is 0 Å². The quantitative estimate of drug-likeness (QED) is 0.642. The van der Waals surface area contributed by atoms with Crippen LogP contribution in [0.1, 0.15) is 39.2 Å². The molecule has 0 spiro atoms. The molecule has 5 heteroatoms. The molecule has 3 rings (SSSR count). The third-order valence-electron chi connectivity index (χ3n) is 5.88. The van der Waals surface area contributed by atoms with Gasteiger partial charge >= 0.3 is 0 Å². The molecule has 2 saturated carbocycles. The molecule has 4 nitrogen and oxygen atoms in total. The van der Waals surface area contributed by atoms with E-state index in [1.807, 2.05) is 31.2 Å². The second-order valence-corrected chi connectivity index (χ2v) is 7.81. The largest absolute Gasteiger partial charge is 0.331 e. The average Bonchev–Trinajstić information content (AvgIpc) is 2.80. The van der Waals surface area contributed by atoms with Crippen LogP contribution in [0.25, 0.3) is 0 Å². The molecule has 2 atom stereocenters. The summed E-state index contributed by atoms with van der Waals surface area (Å²) < 4.78 is 0. The highest BCUT2D eigenvalue weighted by Gasteiger charge is 2.65. The minimum atomic E-state index is -0.288. The van der Waals surface area contributed by atoms with Crippen LogP contribution >= 0.6 is 12.2 Å². The number of hydrogen-bond donors (Lipinski definition) is 2. The number of hydrazone groups is 1. The Labute approximate surface area is 142 Å². The first kappa shape index (κ1) is 16.1. The molecule has 2 N–H and O–H groups in total. The van der Waals surface area contributed by atoms with Crippen molar-refractivity contribution in [3.8, 4) is 0 Å². The number of carbonyl (C=O) groups is 1. The van der Waals surface area contributed by atoms with E-state index >= 15 is 0 Å². The number of fused-ring (bicyclic) bond motifs is 2. The van der Waals surface area contributed by atoms with Gasteiger partial charge in [0.05, 0.1) is 0 Å². The van der Waals surface area contributed by atoms with Crippen LogP contribution in [0, 0.1) is 23.7 Å². The maximum Gasteiger partial charge on any atom is 0.191 e. The molecule has 2 bridgehead atoms. The molecule has 2 aliphatic carbocycles. The molecule has 0 radical (unpaired) electrons. The van der Waals surface area contributed by atoms with Crippen LogP contribution in [0.4, 0.5) is 5.69 Å². The fraction of sp³-hybridized carbons (Fsp3) is 0.500. The Morgan fingerprint density at radius 2 is 1.91 bits per heavy atom. The minimum absolute atomic E-state index is 0.0311. The number of ketones is 1. The third-order valence-corrected chi connectivity index (χ3v) is 6.07. The van der Waals surface area contributed by atoms with E-state index in [1.165, 1.54) is 5.56 Å². The lowest BCUT2D eigenvalue weighted by Gasteiger charge is -2.31. The number of thiocarbonyl (C=S) groups is 1. The Kier molecular flexibility index (Phi) is 3.79. The molecule has 1 aromatic carbocycles. The van der Waals surface area contributed by atoms with Crippen LogP contribution in [0.3, 0.4) is 0 Å². The molecular formula is C18H23N3OS. The smallest absolute Gasteiger partial charge is 0.191 e. The van der Waals surface area contributed by atoms with E-state index in [1.54, 1.807) is 0 Å². The fourth-order valence-electron chi connectivity index (χ4n) is 3.86. The number of nitrogens with zero attached hydrogens (tertiary/aromatic N) is 1. The number of Topliss-reactive ketones (excluding diaryl/α,β-unsaturated/α-hetero) is 1. The van der Waals surface area contributed by atoms with Crippen molar-refractivity contribution in [2.45, 2.75) is 40.5 Å². The Bertz CT molecular complexity index is 693. The van der Waals surface area contributed by atoms with E-state index in [0.29, 0.717) is 10.8 Å². The zero-order chi connectivity index (χ0) is 16.8. The summed E-state index contributed by atoms with van der Waals surface area (Å²) in [6.07, 6.45) is 1.97. The van der Waals surface area contributed by atoms with Gasteiger partial charge in [0.25, 0.3) is 0 Å². The molecule has 122 valence electrons. The van der Waals surface area contributed by atoms with Gasteiger partial charge in [0.1, 0.15) is 5.71 Å². The Morgan fingerprint density at radius 1 is 1.26 bits per heavy atom. The van der Waals surface area contributed by atoms with E-state index in [0.717, 1.165) is 18.5 Å². The Balaban J connectivity index is 1.70. The third kappa shape index (κ3) is 2.47. The maximum atomic E-state index is 12.7. The number of benzene rings is 1. The van der Waals surface area contributed by atoms with Crippen molar-refractivity contribution < 1.29 is 4.79 Å². The molecule has 0 saturated heterocycles. The van der Waals surface area contributed by atoms with Crippen molar-refractivity contribution >= 4 is 34.5 Å². The van der Waals surface area contributed by atoms with Gasteiger partial charge in [-0.3, -0.25) is 10.2 Å². The lowest BCUT2D eigenvalue weighted by atomic mass is 9.70. The van der Waals surface area contributed by atoms with Crippen LogP contribution in [0.2, 0.25) is 0 Å². The number of carbonyl (C=O) groups excluding carboxylic acids is 1. The fourth-order valence-corrected chi connectivity index (χ4v) is 4.03. The molecule has 0 aromatic heterocycles. The predicted molar refractivity (Wildman–Crippen MR) is 97.6 cm³/mol. The van der Waals surface area contributed by atoms with Crippen LogP contribution in [-0.2, 0) is 4.79 Å². The maximum absolute atomic E-state index is 12.7. The SMILES string of the molecule is Cc1ccc(NC(=S)N/N=C2/C(=O)[C@@]3(C)CC[C@H]2C3(C)C)cc1. The monoisotopic (exact) mass is 329 g/mol. The minimum Gasteiger partial charge on any atom is -0.331 e. The number of aryl methyl sites for hydroxylation is 1. The highest BCUT2D eigenvalue weighted by molar-refractivity contribution is 7.80. The van der Waals surface area contributed by atoms with Gasteiger partial charge in [-0.2, -0.15) is 5.10 Å². The first-order valence-electron chi connectivity index (χ1n) is 8.02. The van der Waals surface area contributed by atoms with Gasteiger partial charge < -0.3 is 5.32 Å². The standard InChI is InChI=1S/C18H23N3OS/c1-11-5-7-12(8-6-11)19-16(23)21-20-14-13-9-10-18(4,15(14)22)17(13,2)3/h5-8,13H,9-10H2,1-4H3,(H2,19,21,23)/b20-14+/t13-,18-/m1/s1. The van der Waals surface area contributed by atoms with E-state index in [9.17, 15) is 4.79 Å². The predicted octanol–water partition coefficient (Wildman–Crippen LogP) is 3.66. The van der Waals surface area contributed by atoms with E-state index in [4.69, 9.17) is 12.2 Å². The summed E-state index contributed by atoms with van der Waals surface area (Å²) in [5.41, 5.74) is 5.27. The van der Waals surface area contributed by atoms with Crippen molar-refractivity contribution in [2.24, 2.45) is 21.8 Å². The van der Waals surface area contributed by atoms with Crippen molar-refractivity contribution in [1.82, 2.24) is 5.43 Å². The molecule has 0 heterocycles. The summed E-state index contributed by atoms with van der Waals surface area (Å²) in [4.78, 5) is 12.7. The average molecular weight is 329 g/mol. The molecule has 2 fully saturated rings. The number of hydrogen-bond acceptors (Lipinski definition) is 3. The number of nitrogens with one attached hydrogen (secondary N) is 2. The van der Waals surface area contributed by atoms with Crippen LogP contribution < -0.4 is 10.7 Å². The Morgan fingerprint density at radius 3 is 2.48 bits per heavy atom. The first-order chi connectivity index (χ1) is 10.8. The van der Waals surface area contributed by atoms with Crippen molar-refractivity contribution in [3.05, 3.63) is 29.8 Å². The summed E-state index contributed by atoms with van der Waals surface area (Å²) in [5, 5.41) is 7.84. The van der Waals surface area contributed by atoms with Crippen molar-refractivity contribution in [1.29, 1.82) is 0 Å². The molecule has 0 amide bonds. The van der Waals surface area contributed by atoms with Gasteiger partial charge in [-0.05, 0) is 49.5 Å². The first-order valence-corrected chi connectivity index (χ1v) is 8.42. The second-order valence-electron chi connectivity index (χ2n) is 7.40. The zero-order valence-electron chi connectivity index (χ0n) is 14.1. The van der Waals surface area contributed by atoms with Gasteiger partial charge in [0, 0.05) is 17.0 Å². The molecule has 2 aliphatic rings. The van der Waals surface area contributed by atoms with Gasteiger partial charge in [-0.15, -0.1) is 0 Å². The number of anilines is 1. The number of rotatable bonds is 2. The molecule has 0 aliphatic heterocycles. The molecule has 23 heavy (non-hydrogen) atoms. The normalized spacial score (nSPS) is 29.8. The molecular weight excluding hydrogens is 306 g/mol. The van der Waals surface area contributed by atoms with Crippen LogP contribution in [-0.4, -0.2) is 16.6 Å². The molecule has 1 aromatic rings. The summed E-state index contributed by atoms with van der Waals surface area (Å²) in [7, 11) is 0. The molecule has 0 unspecified atom stereocenters. The summed E-state index contributed by atoms with van der Waals surface area (Å²) in [6.45, 7) is 8.46. The van der Waals surface area contributed by atoms with Crippen LogP contribution in [0.15, 0.2) is 29.4 Å². The summed E-state index contributed by atoms with van der Waals surface area (Å²) in [6, 6.07) is 7.95. The highest BCUT2D eigenvalue weighted by Crippen LogP contribution is 2.62. The Hall–Kier alpha value is -1.75. The van der Waals surface area contributed by atoms with E-state index in [2.05, 4.69) is 36.6 Å². The van der Waals surface area contributed by atoms with E-state index in [-0.39, 0.29) is 22.5 Å². The van der Waals surface area contributed by atoms with Crippen molar-refractivity contribution in [2.75, 3.05) is 5.32 Å². The zero-order valence-corrected chi connectivity index (χ0v) is 14.9. The van der Waals surface area contributed by atoms with Gasteiger partial charge in [-0.1, -0.05) is 38.5 Å². The van der Waals surface area contributed by atoms with Gasteiger partial charge in [0.2, 0.25) is 0 Å². The van der Waals surface area contributed by atoms with Gasteiger partial charge in [0.15, 0.2) is 10.9 Å². The second kappa shape index (κ2) is 5.41. The summed E-state index contributed by atoms with van der Waals surface area (Å²) >= 11 is 5.27.